The molecular formula is C20H20ClN5O2S. The molecule has 0 saturated carbocycles. The highest BCUT2D eigenvalue weighted by atomic mass is 35.5. The fourth-order valence-corrected chi connectivity index (χ4v) is 3.32. The summed E-state index contributed by atoms with van der Waals surface area (Å²) >= 11 is 7.69. The Balaban J connectivity index is 1.69. The highest BCUT2D eigenvalue weighted by molar-refractivity contribution is 7.98. The van der Waals surface area contributed by atoms with Gasteiger partial charge >= 0.3 is 0 Å². The summed E-state index contributed by atoms with van der Waals surface area (Å²) in [5, 5.41) is 14.1. The maximum Gasteiger partial charge on any atom is 0.278 e. The fourth-order valence-electron chi connectivity index (χ4n) is 2.68. The van der Waals surface area contributed by atoms with E-state index in [-0.39, 0.29) is 18.1 Å². The maximum absolute atomic E-state index is 12.6. The zero-order chi connectivity index (χ0) is 21.0. The van der Waals surface area contributed by atoms with Crippen LogP contribution in [-0.2, 0) is 11.3 Å². The number of hydrogen-bond donors (Lipinski definition) is 2. The molecule has 0 fully saturated rings. The van der Waals surface area contributed by atoms with E-state index in [0.29, 0.717) is 22.1 Å². The lowest BCUT2D eigenvalue weighted by atomic mass is 10.2. The first-order valence-electron chi connectivity index (χ1n) is 8.79. The van der Waals surface area contributed by atoms with Gasteiger partial charge in [0.25, 0.3) is 5.91 Å². The number of thioether (sulfide) groups is 1. The lowest BCUT2D eigenvalue weighted by Gasteiger charge is -2.09. The van der Waals surface area contributed by atoms with E-state index in [4.69, 9.17) is 11.6 Å². The molecule has 3 rings (SSSR count). The van der Waals surface area contributed by atoms with Crippen LogP contribution < -0.4 is 10.6 Å². The summed E-state index contributed by atoms with van der Waals surface area (Å²) in [4.78, 5) is 26.0. The Kier molecular flexibility index (Phi) is 6.56. The van der Waals surface area contributed by atoms with Crippen LogP contribution in [0.1, 0.15) is 21.7 Å². The van der Waals surface area contributed by atoms with E-state index in [1.165, 1.54) is 4.68 Å². The summed E-state index contributed by atoms with van der Waals surface area (Å²) in [5.74, 6) is -0.666. The van der Waals surface area contributed by atoms with Crippen LogP contribution in [0.4, 0.5) is 11.4 Å². The smallest absolute Gasteiger partial charge is 0.278 e. The second kappa shape index (κ2) is 9.11. The van der Waals surface area contributed by atoms with Crippen LogP contribution in [0, 0.1) is 13.8 Å². The van der Waals surface area contributed by atoms with Gasteiger partial charge in [0, 0.05) is 21.3 Å². The molecule has 29 heavy (non-hydrogen) atoms. The third-order valence-electron chi connectivity index (χ3n) is 4.36. The summed E-state index contributed by atoms with van der Waals surface area (Å²) in [7, 11) is 0. The van der Waals surface area contributed by atoms with Gasteiger partial charge in [0.2, 0.25) is 5.91 Å². The molecule has 0 atom stereocenters. The zero-order valence-electron chi connectivity index (χ0n) is 16.2. The van der Waals surface area contributed by atoms with E-state index in [0.717, 1.165) is 10.5 Å². The molecule has 0 aliphatic heterocycles. The van der Waals surface area contributed by atoms with Crippen molar-refractivity contribution in [3.05, 3.63) is 64.4 Å². The van der Waals surface area contributed by atoms with Gasteiger partial charge in [0.15, 0.2) is 5.69 Å². The van der Waals surface area contributed by atoms with Gasteiger partial charge in [-0.15, -0.1) is 16.9 Å². The number of hydrogen-bond acceptors (Lipinski definition) is 5. The Hall–Kier alpha value is -2.84. The van der Waals surface area contributed by atoms with Crippen LogP contribution in [0.25, 0.3) is 0 Å². The minimum Gasteiger partial charge on any atom is -0.324 e. The SMILES string of the molecule is CSc1cccc(NC(=O)Cn2nnc(C(=O)Nc3cccc(Cl)c3C)c2C)c1. The number of nitrogens with one attached hydrogen (secondary N) is 2. The van der Waals surface area contributed by atoms with Crippen molar-refractivity contribution in [2.24, 2.45) is 0 Å². The normalized spacial score (nSPS) is 10.6. The lowest BCUT2D eigenvalue weighted by Crippen LogP contribution is -2.21. The van der Waals surface area contributed by atoms with E-state index < -0.39 is 5.91 Å². The summed E-state index contributed by atoms with van der Waals surface area (Å²) < 4.78 is 1.40. The monoisotopic (exact) mass is 429 g/mol. The molecule has 0 aliphatic carbocycles. The number of anilines is 2. The number of amides is 2. The van der Waals surface area contributed by atoms with Crippen molar-refractivity contribution in [2.45, 2.75) is 25.3 Å². The van der Waals surface area contributed by atoms with E-state index >= 15 is 0 Å². The molecule has 0 radical (unpaired) electrons. The molecule has 0 saturated heterocycles. The number of carbonyl (C=O) groups is 2. The van der Waals surface area contributed by atoms with E-state index in [1.807, 2.05) is 37.4 Å². The first-order valence-corrected chi connectivity index (χ1v) is 10.4. The minimum atomic E-state index is -0.410. The Morgan fingerprint density at radius 2 is 1.90 bits per heavy atom. The molecule has 3 aromatic rings. The zero-order valence-corrected chi connectivity index (χ0v) is 17.8. The minimum absolute atomic E-state index is 0.0498. The van der Waals surface area contributed by atoms with Gasteiger partial charge in [-0.2, -0.15) is 0 Å². The molecule has 2 amide bonds. The number of nitrogens with zero attached hydrogens (tertiary/aromatic N) is 3. The number of carbonyl (C=O) groups excluding carboxylic acids is 2. The molecule has 0 bridgehead atoms. The molecule has 2 aromatic carbocycles. The Labute approximate surface area is 177 Å². The molecular weight excluding hydrogens is 410 g/mol. The van der Waals surface area contributed by atoms with Gasteiger partial charge < -0.3 is 10.6 Å². The van der Waals surface area contributed by atoms with Gasteiger partial charge in [0.1, 0.15) is 6.54 Å². The highest BCUT2D eigenvalue weighted by Crippen LogP contribution is 2.23. The Bertz CT molecular complexity index is 1070. The van der Waals surface area contributed by atoms with Crippen LogP contribution in [0.5, 0.6) is 0 Å². The molecule has 0 aliphatic rings. The van der Waals surface area contributed by atoms with Crippen molar-refractivity contribution in [2.75, 3.05) is 16.9 Å². The van der Waals surface area contributed by atoms with Crippen molar-refractivity contribution in [1.29, 1.82) is 0 Å². The molecule has 1 heterocycles. The van der Waals surface area contributed by atoms with Crippen LogP contribution in [0.15, 0.2) is 47.4 Å². The molecule has 2 N–H and O–H groups in total. The summed E-state index contributed by atoms with van der Waals surface area (Å²) in [6.07, 6.45) is 1.97. The van der Waals surface area contributed by atoms with Crippen molar-refractivity contribution < 1.29 is 9.59 Å². The molecule has 0 unspecified atom stereocenters. The lowest BCUT2D eigenvalue weighted by molar-refractivity contribution is -0.117. The molecule has 1 aromatic heterocycles. The van der Waals surface area contributed by atoms with Gasteiger partial charge in [0.05, 0.1) is 5.69 Å². The van der Waals surface area contributed by atoms with E-state index in [1.54, 1.807) is 36.9 Å². The standard InChI is InChI=1S/C20H20ClN5O2S/c1-12-16(21)8-5-9-17(12)23-20(28)19-13(2)26(25-24-19)11-18(27)22-14-6-4-7-15(10-14)29-3/h4-10H,11H2,1-3H3,(H,22,27)(H,23,28). The second-order valence-corrected chi connectivity index (χ2v) is 7.61. The fraction of sp³-hybridized carbons (Fsp3) is 0.200. The third-order valence-corrected chi connectivity index (χ3v) is 5.50. The predicted molar refractivity (Wildman–Crippen MR) is 116 cm³/mol. The average Bonchev–Trinajstić information content (AvgIpc) is 3.06. The number of rotatable bonds is 6. The topological polar surface area (TPSA) is 88.9 Å². The predicted octanol–water partition coefficient (Wildman–Crippen LogP) is 4.16. The van der Waals surface area contributed by atoms with E-state index in [2.05, 4.69) is 20.9 Å². The van der Waals surface area contributed by atoms with Gasteiger partial charge in [-0.1, -0.05) is 28.9 Å². The highest BCUT2D eigenvalue weighted by Gasteiger charge is 2.19. The summed E-state index contributed by atoms with van der Waals surface area (Å²) in [6, 6.07) is 12.8. The first-order chi connectivity index (χ1) is 13.9. The van der Waals surface area contributed by atoms with Crippen LogP contribution in [0.2, 0.25) is 5.02 Å². The quantitative estimate of drug-likeness (QED) is 0.574. The Morgan fingerprint density at radius 1 is 1.14 bits per heavy atom. The maximum atomic E-state index is 12.6. The first kappa shape index (κ1) is 20.9. The largest absolute Gasteiger partial charge is 0.324 e. The van der Waals surface area contributed by atoms with Crippen molar-refractivity contribution in [3.8, 4) is 0 Å². The summed E-state index contributed by atoms with van der Waals surface area (Å²) in [6.45, 7) is 3.46. The van der Waals surface area contributed by atoms with Crippen molar-refractivity contribution in [1.82, 2.24) is 15.0 Å². The van der Waals surface area contributed by atoms with Crippen molar-refractivity contribution >= 4 is 46.6 Å². The van der Waals surface area contributed by atoms with Gasteiger partial charge in [-0.3, -0.25) is 9.59 Å². The second-order valence-electron chi connectivity index (χ2n) is 6.33. The van der Waals surface area contributed by atoms with Gasteiger partial charge in [-0.05, 0) is 56.0 Å². The number of aromatic nitrogens is 3. The van der Waals surface area contributed by atoms with Gasteiger partial charge in [-0.25, -0.2) is 4.68 Å². The van der Waals surface area contributed by atoms with Crippen molar-refractivity contribution in [3.63, 3.8) is 0 Å². The van der Waals surface area contributed by atoms with Crippen LogP contribution >= 0.6 is 23.4 Å². The van der Waals surface area contributed by atoms with E-state index in [9.17, 15) is 9.59 Å². The molecule has 150 valence electrons. The van der Waals surface area contributed by atoms with Crippen LogP contribution in [-0.4, -0.2) is 33.1 Å². The third kappa shape index (κ3) is 4.96. The Morgan fingerprint density at radius 3 is 2.66 bits per heavy atom. The molecule has 0 spiro atoms. The van der Waals surface area contributed by atoms with Crippen LogP contribution in [0.3, 0.4) is 0 Å². The summed E-state index contributed by atoms with van der Waals surface area (Å²) in [5.41, 5.74) is 2.72. The molecule has 9 heteroatoms. The average molecular weight is 430 g/mol. The number of halogens is 1. The molecule has 7 nitrogen and oxygen atoms in total. The number of benzene rings is 2.